The zero-order chi connectivity index (χ0) is 15.4. The molecule has 1 amide bonds. The number of aryl methyl sites for hydroxylation is 2. The average Bonchev–Trinajstić information content (AvgIpc) is 2.43. The second kappa shape index (κ2) is 6.44. The summed E-state index contributed by atoms with van der Waals surface area (Å²) in [5.41, 5.74) is 3.62. The number of para-hydroxylation sites is 2. The number of hydrogen-bond acceptors (Lipinski definition) is 2. The van der Waals surface area contributed by atoms with Crippen LogP contribution >= 0.6 is 0 Å². The fourth-order valence-electron chi connectivity index (χ4n) is 2.00. The number of amides is 1. The zero-order valence-electron chi connectivity index (χ0n) is 12.9. The van der Waals surface area contributed by atoms with Crippen LogP contribution in [0, 0.1) is 13.8 Å². The summed E-state index contributed by atoms with van der Waals surface area (Å²) in [6, 6.07) is 13.2. The van der Waals surface area contributed by atoms with Crippen molar-refractivity contribution in [3.63, 3.8) is 0 Å². The monoisotopic (exact) mass is 283 g/mol. The Morgan fingerprint density at radius 1 is 1.05 bits per heavy atom. The largest absolute Gasteiger partial charge is 0.489 e. The highest BCUT2D eigenvalue weighted by atomic mass is 16.5. The Kier molecular flexibility index (Phi) is 4.63. The molecule has 0 spiro atoms. The first-order valence-electron chi connectivity index (χ1n) is 7.11. The van der Waals surface area contributed by atoms with Gasteiger partial charge in [-0.15, -0.1) is 0 Å². The Morgan fingerprint density at radius 3 is 2.43 bits per heavy atom. The van der Waals surface area contributed by atoms with Crippen LogP contribution in [0.2, 0.25) is 0 Å². The molecule has 0 unspecified atom stereocenters. The second-order valence-electron chi connectivity index (χ2n) is 5.42. The SMILES string of the molecule is Cc1ccc(C(=O)Nc2ccccc2OC(C)C)cc1C. The molecule has 110 valence electrons. The fourth-order valence-corrected chi connectivity index (χ4v) is 2.00. The molecule has 0 fully saturated rings. The molecule has 0 saturated carbocycles. The maximum atomic E-state index is 12.3. The average molecular weight is 283 g/mol. The quantitative estimate of drug-likeness (QED) is 0.906. The van der Waals surface area contributed by atoms with Crippen LogP contribution < -0.4 is 10.1 Å². The third kappa shape index (κ3) is 3.85. The summed E-state index contributed by atoms with van der Waals surface area (Å²) in [5.74, 6) is 0.558. The van der Waals surface area contributed by atoms with Crippen LogP contribution in [0.5, 0.6) is 5.75 Å². The van der Waals surface area contributed by atoms with Gasteiger partial charge in [-0.25, -0.2) is 0 Å². The van der Waals surface area contributed by atoms with E-state index in [0.717, 1.165) is 5.56 Å². The lowest BCUT2D eigenvalue weighted by atomic mass is 10.1. The molecule has 0 bridgehead atoms. The Morgan fingerprint density at radius 2 is 1.76 bits per heavy atom. The van der Waals surface area contributed by atoms with E-state index < -0.39 is 0 Å². The number of nitrogens with one attached hydrogen (secondary N) is 1. The molecule has 0 aliphatic carbocycles. The van der Waals surface area contributed by atoms with E-state index in [2.05, 4.69) is 5.32 Å². The molecule has 0 atom stereocenters. The number of carbonyl (C=O) groups excluding carboxylic acids is 1. The van der Waals surface area contributed by atoms with Gasteiger partial charge in [0.05, 0.1) is 11.8 Å². The van der Waals surface area contributed by atoms with Gasteiger partial charge in [-0.1, -0.05) is 18.2 Å². The van der Waals surface area contributed by atoms with Gasteiger partial charge in [0.1, 0.15) is 5.75 Å². The molecule has 0 aliphatic rings. The summed E-state index contributed by atoms with van der Waals surface area (Å²) in [7, 11) is 0. The topological polar surface area (TPSA) is 38.3 Å². The van der Waals surface area contributed by atoms with E-state index >= 15 is 0 Å². The highest BCUT2D eigenvalue weighted by Crippen LogP contribution is 2.25. The van der Waals surface area contributed by atoms with Gasteiger partial charge in [-0.3, -0.25) is 4.79 Å². The van der Waals surface area contributed by atoms with Gasteiger partial charge in [0, 0.05) is 5.56 Å². The van der Waals surface area contributed by atoms with E-state index in [1.807, 2.05) is 70.2 Å². The number of carbonyl (C=O) groups is 1. The highest BCUT2D eigenvalue weighted by molar-refractivity contribution is 6.05. The summed E-state index contributed by atoms with van der Waals surface area (Å²) in [6.45, 7) is 7.95. The van der Waals surface area contributed by atoms with E-state index in [9.17, 15) is 4.79 Å². The minimum atomic E-state index is -0.127. The van der Waals surface area contributed by atoms with Crippen LogP contribution in [0.4, 0.5) is 5.69 Å². The lowest BCUT2D eigenvalue weighted by molar-refractivity contribution is 0.102. The first-order valence-corrected chi connectivity index (χ1v) is 7.11. The summed E-state index contributed by atoms with van der Waals surface area (Å²) < 4.78 is 5.71. The van der Waals surface area contributed by atoms with E-state index in [1.54, 1.807) is 0 Å². The van der Waals surface area contributed by atoms with Crippen LogP contribution in [0.25, 0.3) is 0 Å². The zero-order valence-corrected chi connectivity index (χ0v) is 12.9. The van der Waals surface area contributed by atoms with Gasteiger partial charge in [-0.2, -0.15) is 0 Å². The molecule has 3 heteroatoms. The Bertz CT molecular complexity index is 647. The van der Waals surface area contributed by atoms with Crippen molar-refractivity contribution in [2.45, 2.75) is 33.8 Å². The smallest absolute Gasteiger partial charge is 0.255 e. The molecular weight excluding hydrogens is 262 g/mol. The van der Waals surface area contributed by atoms with Crippen molar-refractivity contribution in [3.8, 4) is 5.75 Å². The minimum absolute atomic E-state index is 0.0599. The Hall–Kier alpha value is -2.29. The summed E-state index contributed by atoms with van der Waals surface area (Å²) >= 11 is 0. The maximum absolute atomic E-state index is 12.3. The highest BCUT2D eigenvalue weighted by Gasteiger charge is 2.11. The molecule has 0 aliphatic heterocycles. The molecule has 0 saturated heterocycles. The molecule has 0 aromatic heterocycles. The molecule has 2 rings (SSSR count). The van der Waals surface area contributed by atoms with Gasteiger partial charge < -0.3 is 10.1 Å². The van der Waals surface area contributed by atoms with Gasteiger partial charge >= 0.3 is 0 Å². The number of rotatable bonds is 4. The summed E-state index contributed by atoms with van der Waals surface area (Å²) in [4.78, 5) is 12.3. The molecule has 1 N–H and O–H groups in total. The third-order valence-electron chi connectivity index (χ3n) is 3.27. The second-order valence-corrected chi connectivity index (χ2v) is 5.42. The number of anilines is 1. The van der Waals surface area contributed by atoms with Crippen molar-refractivity contribution >= 4 is 11.6 Å². The van der Waals surface area contributed by atoms with Crippen molar-refractivity contribution in [1.29, 1.82) is 0 Å². The van der Waals surface area contributed by atoms with Crippen molar-refractivity contribution in [2.24, 2.45) is 0 Å². The van der Waals surface area contributed by atoms with Crippen molar-refractivity contribution < 1.29 is 9.53 Å². The summed E-state index contributed by atoms with van der Waals surface area (Å²) in [5, 5.41) is 2.91. The van der Waals surface area contributed by atoms with Crippen LogP contribution in [0.1, 0.15) is 35.3 Å². The first kappa shape index (κ1) is 15.1. The Labute approximate surface area is 126 Å². The molecule has 3 nitrogen and oxygen atoms in total. The Balaban J connectivity index is 2.21. The maximum Gasteiger partial charge on any atom is 0.255 e. The molecule has 2 aromatic carbocycles. The van der Waals surface area contributed by atoms with Crippen LogP contribution in [0.15, 0.2) is 42.5 Å². The van der Waals surface area contributed by atoms with Crippen LogP contribution in [-0.4, -0.2) is 12.0 Å². The van der Waals surface area contributed by atoms with E-state index in [4.69, 9.17) is 4.74 Å². The predicted octanol–water partition coefficient (Wildman–Crippen LogP) is 4.34. The molecule has 0 radical (unpaired) electrons. The standard InChI is InChI=1S/C18H21NO2/c1-12(2)21-17-8-6-5-7-16(17)19-18(20)15-10-9-13(3)14(4)11-15/h5-12H,1-4H3,(H,19,20). The van der Waals surface area contributed by atoms with Gasteiger partial charge in [0.2, 0.25) is 0 Å². The molecule has 2 aromatic rings. The van der Waals surface area contributed by atoms with Crippen molar-refractivity contribution in [2.75, 3.05) is 5.32 Å². The molecular formula is C18H21NO2. The van der Waals surface area contributed by atoms with Crippen LogP contribution in [-0.2, 0) is 0 Å². The van der Waals surface area contributed by atoms with Gasteiger partial charge in [0.25, 0.3) is 5.91 Å². The van der Waals surface area contributed by atoms with E-state index in [-0.39, 0.29) is 12.0 Å². The van der Waals surface area contributed by atoms with Crippen LogP contribution in [0.3, 0.4) is 0 Å². The normalized spacial score (nSPS) is 10.5. The third-order valence-corrected chi connectivity index (χ3v) is 3.27. The van der Waals surface area contributed by atoms with Crippen molar-refractivity contribution in [1.82, 2.24) is 0 Å². The number of hydrogen-bond donors (Lipinski definition) is 1. The first-order chi connectivity index (χ1) is 9.97. The lowest BCUT2D eigenvalue weighted by Crippen LogP contribution is -2.14. The lowest BCUT2D eigenvalue weighted by Gasteiger charge is -2.15. The molecule has 0 heterocycles. The number of benzene rings is 2. The summed E-state index contributed by atoms with van der Waals surface area (Å²) in [6.07, 6.45) is 0.0599. The minimum Gasteiger partial charge on any atom is -0.489 e. The predicted molar refractivity (Wildman–Crippen MR) is 86.1 cm³/mol. The van der Waals surface area contributed by atoms with E-state index in [0.29, 0.717) is 17.0 Å². The molecule has 21 heavy (non-hydrogen) atoms. The fraction of sp³-hybridized carbons (Fsp3) is 0.278. The van der Waals surface area contributed by atoms with Crippen molar-refractivity contribution in [3.05, 3.63) is 59.2 Å². The number of ether oxygens (including phenoxy) is 1. The van der Waals surface area contributed by atoms with Gasteiger partial charge in [0.15, 0.2) is 0 Å². The van der Waals surface area contributed by atoms with Gasteiger partial charge in [-0.05, 0) is 63.1 Å². The van der Waals surface area contributed by atoms with E-state index in [1.165, 1.54) is 5.56 Å².